The number of carbonyl (C=O) groups is 1. The van der Waals surface area contributed by atoms with Crippen LogP contribution in [0.5, 0.6) is 0 Å². The summed E-state index contributed by atoms with van der Waals surface area (Å²) in [5.41, 5.74) is 1.92. The molecule has 0 spiro atoms. The average Bonchev–Trinajstić information content (AvgIpc) is 2.30. The lowest BCUT2D eigenvalue weighted by atomic mass is 10.2. The summed E-state index contributed by atoms with van der Waals surface area (Å²) in [6, 6.07) is 10.9. The first-order valence-electron chi connectivity index (χ1n) is 4.24. The molecule has 0 aliphatic carbocycles. The molecule has 0 atom stereocenters. The quantitative estimate of drug-likeness (QED) is 0.670. The summed E-state index contributed by atoms with van der Waals surface area (Å²) in [5.74, 6) is 0. The molecule has 0 saturated heterocycles. The summed E-state index contributed by atoms with van der Waals surface area (Å²) in [6.45, 7) is 0. The molecule has 3 heteroatoms. The summed E-state index contributed by atoms with van der Waals surface area (Å²) in [7, 11) is 0. The van der Waals surface area contributed by atoms with Crippen LogP contribution in [0.4, 0.5) is 0 Å². The van der Waals surface area contributed by atoms with Crippen molar-refractivity contribution < 1.29 is 4.79 Å². The van der Waals surface area contributed by atoms with E-state index in [2.05, 4.69) is 9.97 Å². The average molecular weight is 184 g/mol. The molecule has 0 aromatic carbocycles. The van der Waals surface area contributed by atoms with Gasteiger partial charge in [0.05, 0.1) is 11.4 Å². The predicted molar refractivity (Wildman–Crippen MR) is 52.9 cm³/mol. The van der Waals surface area contributed by atoms with Gasteiger partial charge in [0.25, 0.3) is 0 Å². The molecule has 2 heterocycles. The molecule has 0 aliphatic rings. The lowest BCUT2D eigenvalue weighted by molar-refractivity contribution is 0.111. The maximum atomic E-state index is 10.5. The number of hydrogen-bond acceptors (Lipinski definition) is 3. The molecule has 0 aliphatic heterocycles. The molecule has 0 unspecified atom stereocenters. The zero-order chi connectivity index (χ0) is 9.80. The smallest absolute Gasteiger partial charge is 0.168 e. The Balaban J connectivity index is 2.47. The van der Waals surface area contributed by atoms with E-state index in [4.69, 9.17) is 0 Å². The van der Waals surface area contributed by atoms with Crippen molar-refractivity contribution >= 4 is 6.29 Å². The van der Waals surface area contributed by atoms with Gasteiger partial charge in [-0.1, -0.05) is 12.1 Å². The van der Waals surface area contributed by atoms with Crippen molar-refractivity contribution in [3.05, 3.63) is 48.3 Å². The van der Waals surface area contributed by atoms with E-state index in [1.807, 2.05) is 24.3 Å². The normalized spacial score (nSPS) is 9.71. The molecule has 3 nitrogen and oxygen atoms in total. The summed E-state index contributed by atoms with van der Waals surface area (Å²) in [6.07, 6.45) is 2.43. The van der Waals surface area contributed by atoms with Crippen molar-refractivity contribution in [1.82, 2.24) is 9.97 Å². The van der Waals surface area contributed by atoms with Crippen LogP contribution in [0, 0.1) is 0 Å². The van der Waals surface area contributed by atoms with E-state index < -0.39 is 0 Å². The predicted octanol–water partition coefficient (Wildman–Crippen LogP) is 1.96. The second kappa shape index (κ2) is 3.79. The standard InChI is InChI=1S/C11H8N2O/c14-8-9-4-3-6-11(13-9)10-5-1-2-7-12-10/h1-8H. The van der Waals surface area contributed by atoms with Gasteiger partial charge in [-0.2, -0.15) is 0 Å². The molecule has 2 rings (SSSR count). The fourth-order valence-corrected chi connectivity index (χ4v) is 1.17. The zero-order valence-electron chi connectivity index (χ0n) is 7.42. The Hall–Kier alpha value is -2.03. The third-order valence-electron chi connectivity index (χ3n) is 1.82. The molecule has 0 bridgehead atoms. The molecule has 2 aromatic heterocycles. The van der Waals surface area contributed by atoms with Crippen LogP contribution in [0.1, 0.15) is 10.5 Å². The number of aldehydes is 1. The second-order valence-corrected chi connectivity index (χ2v) is 2.78. The topological polar surface area (TPSA) is 42.9 Å². The number of hydrogen-bond donors (Lipinski definition) is 0. The zero-order valence-corrected chi connectivity index (χ0v) is 7.42. The van der Waals surface area contributed by atoms with Gasteiger partial charge >= 0.3 is 0 Å². The van der Waals surface area contributed by atoms with Crippen molar-refractivity contribution in [2.75, 3.05) is 0 Å². The minimum absolute atomic E-state index is 0.424. The Labute approximate surface area is 81.5 Å². The molecule has 14 heavy (non-hydrogen) atoms. The molecule has 0 fully saturated rings. The lowest BCUT2D eigenvalue weighted by Crippen LogP contribution is -1.90. The van der Waals surface area contributed by atoms with E-state index in [9.17, 15) is 4.79 Å². The van der Waals surface area contributed by atoms with Gasteiger partial charge in [-0.05, 0) is 24.3 Å². The maximum absolute atomic E-state index is 10.5. The van der Waals surface area contributed by atoms with Crippen LogP contribution in [0.15, 0.2) is 42.6 Å². The van der Waals surface area contributed by atoms with Crippen molar-refractivity contribution in [2.45, 2.75) is 0 Å². The molecule has 2 aromatic rings. The minimum Gasteiger partial charge on any atom is -0.296 e. The second-order valence-electron chi connectivity index (χ2n) is 2.78. The van der Waals surface area contributed by atoms with Gasteiger partial charge in [0.15, 0.2) is 6.29 Å². The fraction of sp³-hybridized carbons (Fsp3) is 0. The molecule has 0 saturated carbocycles. The summed E-state index contributed by atoms with van der Waals surface area (Å²) >= 11 is 0. The number of carbonyl (C=O) groups excluding carboxylic acids is 1. The highest BCUT2D eigenvalue weighted by Gasteiger charge is 1.99. The van der Waals surface area contributed by atoms with E-state index >= 15 is 0 Å². The van der Waals surface area contributed by atoms with Gasteiger partial charge in [0, 0.05) is 6.20 Å². The van der Waals surface area contributed by atoms with E-state index in [1.54, 1.807) is 18.3 Å². The van der Waals surface area contributed by atoms with Gasteiger partial charge < -0.3 is 0 Å². The number of aromatic nitrogens is 2. The van der Waals surface area contributed by atoms with Gasteiger partial charge in [-0.25, -0.2) is 4.98 Å². The summed E-state index contributed by atoms with van der Waals surface area (Å²) < 4.78 is 0. The lowest BCUT2D eigenvalue weighted by Gasteiger charge is -1.98. The first-order valence-corrected chi connectivity index (χ1v) is 4.24. The van der Waals surface area contributed by atoms with E-state index in [-0.39, 0.29) is 0 Å². The highest BCUT2D eigenvalue weighted by Crippen LogP contribution is 2.12. The Morgan fingerprint density at radius 2 is 1.86 bits per heavy atom. The van der Waals surface area contributed by atoms with E-state index in [1.165, 1.54) is 0 Å². The minimum atomic E-state index is 0.424. The largest absolute Gasteiger partial charge is 0.296 e. The van der Waals surface area contributed by atoms with Gasteiger partial charge in [0.2, 0.25) is 0 Å². The monoisotopic (exact) mass is 184 g/mol. The van der Waals surface area contributed by atoms with E-state index in [0.29, 0.717) is 5.69 Å². The molecule has 68 valence electrons. The van der Waals surface area contributed by atoms with Crippen LogP contribution in [-0.4, -0.2) is 16.3 Å². The van der Waals surface area contributed by atoms with Crippen molar-refractivity contribution in [1.29, 1.82) is 0 Å². The van der Waals surface area contributed by atoms with Crippen molar-refractivity contribution in [3.8, 4) is 11.4 Å². The summed E-state index contributed by atoms with van der Waals surface area (Å²) in [5, 5.41) is 0. The molecular weight excluding hydrogens is 176 g/mol. The number of nitrogens with zero attached hydrogens (tertiary/aromatic N) is 2. The maximum Gasteiger partial charge on any atom is 0.168 e. The number of rotatable bonds is 2. The Kier molecular flexibility index (Phi) is 2.32. The third kappa shape index (κ3) is 1.66. The molecule has 0 N–H and O–H groups in total. The van der Waals surface area contributed by atoms with Crippen LogP contribution in [0.25, 0.3) is 11.4 Å². The van der Waals surface area contributed by atoms with Crippen molar-refractivity contribution in [3.63, 3.8) is 0 Å². The first-order chi connectivity index (χ1) is 6.90. The van der Waals surface area contributed by atoms with Gasteiger partial charge in [-0.15, -0.1) is 0 Å². The van der Waals surface area contributed by atoms with Crippen molar-refractivity contribution in [2.24, 2.45) is 0 Å². The van der Waals surface area contributed by atoms with Gasteiger partial charge in [-0.3, -0.25) is 9.78 Å². The van der Waals surface area contributed by atoms with Crippen LogP contribution < -0.4 is 0 Å². The highest BCUT2D eigenvalue weighted by atomic mass is 16.1. The fourth-order valence-electron chi connectivity index (χ4n) is 1.17. The Morgan fingerprint density at radius 1 is 1.00 bits per heavy atom. The van der Waals surface area contributed by atoms with Gasteiger partial charge in [0.1, 0.15) is 5.69 Å². The highest BCUT2D eigenvalue weighted by molar-refractivity contribution is 5.73. The first kappa shape index (κ1) is 8.56. The Morgan fingerprint density at radius 3 is 2.57 bits per heavy atom. The molecule has 0 radical (unpaired) electrons. The Bertz CT molecular complexity index is 440. The van der Waals surface area contributed by atoms with E-state index in [0.717, 1.165) is 17.7 Å². The molecular formula is C11H8N2O. The third-order valence-corrected chi connectivity index (χ3v) is 1.82. The van der Waals surface area contributed by atoms with Crippen LogP contribution >= 0.6 is 0 Å². The van der Waals surface area contributed by atoms with Crippen LogP contribution in [0.3, 0.4) is 0 Å². The van der Waals surface area contributed by atoms with Crippen LogP contribution in [-0.2, 0) is 0 Å². The number of pyridine rings is 2. The summed E-state index contributed by atoms with van der Waals surface area (Å²) in [4.78, 5) is 18.8. The molecule has 0 amide bonds. The SMILES string of the molecule is O=Cc1cccc(-c2ccccn2)n1. The van der Waals surface area contributed by atoms with Crippen LogP contribution in [0.2, 0.25) is 0 Å².